The molecule has 2 aromatic heterocycles. The molecular weight excluding hydrogens is 308 g/mol. The molecule has 3 rings (SSSR count). The van der Waals surface area contributed by atoms with E-state index in [1.165, 1.54) is 0 Å². The molecule has 0 radical (unpaired) electrons. The molecule has 124 valence electrons. The number of likely N-dealkylation sites (tertiary alicyclic amines) is 1. The second kappa shape index (κ2) is 6.71. The molecule has 7 nitrogen and oxygen atoms in total. The molecule has 0 bridgehead atoms. The van der Waals surface area contributed by atoms with Crippen molar-refractivity contribution in [1.82, 2.24) is 15.0 Å². The summed E-state index contributed by atoms with van der Waals surface area (Å²) in [7, 11) is 0. The summed E-state index contributed by atoms with van der Waals surface area (Å²) in [5.74, 6) is 1.28. The number of hydrogen-bond donors (Lipinski definition) is 0. The van der Waals surface area contributed by atoms with Gasteiger partial charge >= 0.3 is 0 Å². The minimum atomic E-state index is -0.0746. The first-order valence-electron chi connectivity index (χ1n) is 7.79. The van der Waals surface area contributed by atoms with Crippen LogP contribution in [0, 0.1) is 25.2 Å². The van der Waals surface area contributed by atoms with E-state index in [0.29, 0.717) is 37.4 Å². The third-order valence-electron chi connectivity index (χ3n) is 4.12. The summed E-state index contributed by atoms with van der Waals surface area (Å²) in [4.78, 5) is 18.0. The Labute approximate surface area is 139 Å². The minimum absolute atomic E-state index is 0.0746. The maximum atomic E-state index is 12.2. The maximum absolute atomic E-state index is 12.2. The van der Waals surface area contributed by atoms with Crippen molar-refractivity contribution in [2.24, 2.45) is 0 Å². The van der Waals surface area contributed by atoms with Crippen LogP contribution in [0.5, 0.6) is 5.88 Å². The highest BCUT2D eigenvalue weighted by molar-refractivity contribution is 5.77. The zero-order chi connectivity index (χ0) is 17.1. The smallest absolute Gasteiger partial charge is 0.223 e. The molecular formula is C17H18N4O3. The molecule has 1 saturated heterocycles. The van der Waals surface area contributed by atoms with Crippen LogP contribution < -0.4 is 4.74 Å². The van der Waals surface area contributed by atoms with Gasteiger partial charge in [-0.3, -0.25) is 4.79 Å². The number of ether oxygens (including phenoxy) is 1. The summed E-state index contributed by atoms with van der Waals surface area (Å²) in [6, 6.07) is 5.27. The van der Waals surface area contributed by atoms with Crippen molar-refractivity contribution in [3.63, 3.8) is 0 Å². The summed E-state index contributed by atoms with van der Waals surface area (Å²) in [6.07, 6.45) is 2.53. The molecule has 7 heteroatoms. The molecule has 0 aromatic carbocycles. The van der Waals surface area contributed by atoms with Gasteiger partial charge in [-0.1, -0.05) is 5.16 Å². The Morgan fingerprint density at radius 2 is 2.29 bits per heavy atom. The fourth-order valence-corrected chi connectivity index (χ4v) is 2.68. The van der Waals surface area contributed by atoms with Crippen LogP contribution in [0.3, 0.4) is 0 Å². The summed E-state index contributed by atoms with van der Waals surface area (Å²) in [5.41, 5.74) is 2.36. The Balaban J connectivity index is 1.46. The number of aromatic nitrogens is 2. The number of nitriles is 1. The minimum Gasteiger partial charge on any atom is -0.471 e. The van der Waals surface area contributed by atoms with Gasteiger partial charge in [0.2, 0.25) is 11.8 Å². The number of amides is 1. The van der Waals surface area contributed by atoms with E-state index < -0.39 is 0 Å². The molecule has 1 aliphatic heterocycles. The van der Waals surface area contributed by atoms with E-state index in [2.05, 4.69) is 10.1 Å². The highest BCUT2D eigenvalue weighted by Crippen LogP contribution is 2.19. The second-order valence-electron chi connectivity index (χ2n) is 5.84. The van der Waals surface area contributed by atoms with Crippen LogP contribution in [0.4, 0.5) is 0 Å². The van der Waals surface area contributed by atoms with E-state index in [4.69, 9.17) is 14.5 Å². The SMILES string of the molecule is Cc1noc(C)c1CCC(=O)N1CC(Oc2cc(C#N)ccn2)C1. The Morgan fingerprint density at radius 1 is 1.50 bits per heavy atom. The van der Waals surface area contributed by atoms with Gasteiger partial charge in [0, 0.05) is 24.2 Å². The molecule has 24 heavy (non-hydrogen) atoms. The Bertz CT molecular complexity index is 768. The third kappa shape index (κ3) is 3.38. The molecule has 1 aliphatic rings. The van der Waals surface area contributed by atoms with E-state index in [1.54, 1.807) is 23.2 Å². The van der Waals surface area contributed by atoms with Gasteiger partial charge in [-0.15, -0.1) is 0 Å². The lowest BCUT2D eigenvalue weighted by molar-refractivity contribution is -0.140. The van der Waals surface area contributed by atoms with Crippen LogP contribution in [0.25, 0.3) is 0 Å². The summed E-state index contributed by atoms with van der Waals surface area (Å²) in [5, 5.41) is 12.8. The van der Waals surface area contributed by atoms with Crippen LogP contribution in [-0.2, 0) is 11.2 Å². The lowest BCUT2D eigenvalue weighted by Crippen LogP contribution is -2.56. The van der Waals surface area contributed by atoms with Gasteiger partial charge in [0.15, 0.2) is 0 Å². The number of carbonyl (C=O) groups is 1. The summed E-state index contributed by atoms with van der Waals surface area (Å²) in [6.45, 7) is 4.82. The molecule has 0 unspecified atom stereocenters. The first kappa shape index (κ1) is 16.0. The number of rotatable bonds is 5. The highest BCUT2D eigenvalue weighted by Gasteiger charge is 2.32. The topological polar surface area (TPSA) is 92.3 Å². The van der Waals surface area contributed by atoms with Crippen molar-refractivity contribution in [3.8, 4) is 11.9 Å². The number of pyridine rings is 1. The van der Waals surface area contributed by atoms with E-state index in [0.717, 1.165) is 17.0 Å². The Hall–Kier alpha value is -2.88. The quantitative estimate of drug-likeness (QED) is 0.831. The van der Waals surface area contributed by atoms with Gasteiger partial charge in [0.25, 0.3) is 0 Å². The first-order valence-corrected chi connectivity index (χ1v) is 7.79. The number of hydrogen-bond acceptors (Lipinski definition) is 6. The molecule has 0 spiro atoms. The average molecular weight is 326 g/mol. The largest absolute Gasteiger partial charge is 0.471 e. The molecule has 0 aliphatic carbocycles. The van der Waals surface area contributed by atoms with Crippen molar-refractivity contribution >= 4 is 5.91 Å². The Morgan fingerprint density at radius 3 is 2.96 bits per heavy atom. The molecule has 0 saturated carbocycles. The van der Waals surface area contributed by atoms with Gasteiger partial charge in [-0.2, -0.15) is 5.26 Å². The molecule has 1 fully saturated rings. The van der Waals surface area contributed by atoms with Gasteiger partial charge in [-0.25, -0.2) is 4.98 Å². The predicted molar refractivity (Wildman–Crippen MR) is 84.2 cm³/mol. The van der Waals surface area contributed by atoms with Crippen LogP contribution in [0.15, 0.2) is 22.9 Å². The Kier molecular flexibility index (Phi) is 4.47. The molecule has 3 heterocycles. The molecule has 0 N–H and O–H groups in total. The highest BCUT2D eigenvalue weighted by atomic mass is 16.5. The molecule has 1 amide bonds. The summed E-state index contributed by atoms with van der Waals surface area (Å²) < 4.78 is 10.8. The zero-order valence-corrected chi connectivity index (χ0v) is 13.7. The van der Waals surface area contributed by atoms with Crippen molar-refractivity contribution in [2.45, 2.75) is 32.8 Å². The van der Waals surface area contributed by atoms with Crippen molar-refractivity contribution in [3.05, 3.63) is 40.9 Å². The first-order chi connectivity index (χ1) is 11.6. The van der Waals surface area contributed by atoms with Crippen molar-refractivity contribution in [2.75, 3.05) is 13.1 Å². The number of carbonyl (C=O) groups excluding carboxylic acids is 1. The lowest BCUT2D eigenvalue weighted by Gasteiger charge is -2.38. The van der Waals surface area contributed by atoms with Gasteiger partial charge < -0.3 is 14.2 Å². The van der Waals surface area contributed by atoms with Gasteiger partial charge in [0.05, 0.1) is 30.4 Å². The fraction of sp³-hybridized carbons (Fsp3) is 0.412. The van der Waals surface area contributed by atoms with Crippen LogP contribution >= 0.6 is 0 Å². The molecule has 2 aromatic rings. The standard InChI is InChI=1S/C17H18N4O3/c1-11-15(12(2)24-20-11)3-4-17(22)21-9-14(10-21)23-16-7-13(8-18)5-6-19-16/h5-7,14H,3-4,9-10H2,1-2H3. The van der Waals surface area contributed by atoms with Gasteiger partial charge in [-0.05, 0) is 26.3 Å². The normalized spacial score (nSPS) is 14.1. The zero-order valence-electron chi connectivity index (χ0n) is 13.7. The van der Waals surface area contributed by atoms with Crippen LogP contribution in [0.2, 0.25) is 0 Å². The van der Waals surface area contributed by atoms with E-state index in [9.17, 15) is 4.79 Å². The van der Waals surface area contributed by atoms with Crippen LogP contribution in [-0.4, -0.2) is 40.1 Å². The van der Waals surface area contributed by atoms with Gasteiger partial charge in [0.1, 0.15) is 11.9 Å². The van der Waals surface area contributed by atoms with E-state index >= 15 is 0 Å². The monoisotopic (exact) mass is 326 g/mol. The van der Waals surface area contributed by atoms with Crippen molar-refractivity contribution < 1.29 is 14.1 Å². The van der Waals surface area contributed by atoms with E-state index in [-0.39, 0.29) is 12.0 Å². The van der Waals surface area contributed by atoms with E-state index in [1.807, 2.05) is 19.9 Å². The number of aryl methyl sites for hydroxylation is 2. The second-order valence-corrected chi connectivity index (χ2v) is 5.84. The van der Waals surface area contributed by atoms with Crippen LogP contribution in [0.1, 0.15) is 29.0 Å². The predicted octanol–water partition coefficient (Wildman–Crippen LogP) is 1.78. The van der Waals surface area contributed by atoms with Crippen molar-refractivity contribution in [1.29, 1.82) is 5.26 Å². The summed E-state index contributed by atoms with van der Waals surface area (Å²) >= 11 is 0. The number of nitrogens with zero attached hydrogens (tertiary/aromatic N) is 4. The maximum Gasteiger partial charge on any atom is 0.223 e. The average Bonchev–Trinajstić information content (AvgIpc) is 2.87. The fourth-order valence-electron chi connectivity index (χ4n) is 2.68. The third-order valence-corrected chi connectivity index (χ3v) is 4.12. The lowest BCUT2D eigenvalue weighted by atomic mass is 10.1. The molecule has 0 atom stereocenters.